The predicted molar refractivity (Wildman–Crippen MR) is 88.6 cm³/mol. The number of aromatic nitrogens is 6. The monoisotopic (exact) mass is 359 g/mol. The zero-order chi connectivity index (χ0) is 17.8. The first-order chi connectivity index (χ1) is 12.1. The summed E-state index contributed by atoms with van der Waals surface area (Å²) in [4.78, 5) is 26.3. The van der Waals surface area contributed by atoms with Gasteiger partial charge in [-0.2, -0.15) is 10.2 Å². The van der Waals surface area contributed by atoms with E-state index < -0.39 is 6.04 Å². The van der Waals surface area contributed by atoms with Crippen molar-refractivity contribution in [1.82, 2.24) is 35.3 Å². The standard InChI is InChI=1S/C15H14ClN7O2/c1-9(13-14(18-4-3-17-13)23-19-5-6-20-23)21-15(24)10-7-11(16)22-12(8-10)25-2/h3-9H,1-2H3,(H,21,24). The number of rotatable bonds is 5. The molecule has 0 aliphatic carbocycles. The molecule has 0 aliphatic heterocycles. The van der Waals surface area contributed by atoms with Gasteiger partial charge in [-0.15, -0.1) is 4.80 Å². The molecule has 0 saturated heterocycles. The van der Waals surface area contributed by atoms with E-state index in [9.17, 15) is 4.79 Å². The maximum atomic E-state index is 12.5. The van der Waals surface area contributed by atoms with Gasteiger partial charge >= 0.3 is 0 Å². The second-order valence-corrected chi connectivity index (χ2v) is 5.39. The van der Waals surface area contributed by atoms with Gasteiger partial charge in [-0.05, 0) is 13.0 Å². The summed E-state index contributed by atoms with van der Waals surface area (Å²) < 4.78 is 5.03. The minimum Gasteiger partial charge on any atom is -0.481 e. The highest BCUT2D eigenvalue weighted by Crippen LogP contribution is 2.19. The molecule has 9 nitrogen and oxygen atoms in total. The molecule has 25 heavy (non-hydrogen) atoms. The second-order valence-electron chi connectivity index (χ2n) is 5.00. The lowest BCUT2D eigenvalue weighted by atomic mass is 10.2. The van der Waals surface area contributed by atoms with Crippen LogP contribution in [0.2, 0.25) is 5.15 Å². The SMILES string of the molecule is COc1cc(C(=O)NC(C)c2nccnc2-n2nccn2)cc(Cl)n1. The molecule has 1 atom stereocenters. The lowest BCUT2D eigenvalue weighted by molar-refractivity contribution is 0.0938. The van der Waals surface area contributed by atoms with Crippen molar-refractivity contribution in [2.24, 2.45) is 0 Å². The fraction of sp³-hybridized carbons (Fsp3) is 0.200. The topological polar surface area (TPSA) is 108 Å². The summed E-state index contributed by atoms with van der Waals surface area (Å²) in [5.74, 6) is 0.344. The van der Waals surface area contributed by atoms with Crippen molar-refractivity contribution >= 4 is 17.5 Å². The number of carbonyl (C=O) groups is 1. The molecule has 3 heterocycles. The molecule has 0 aromatic carbocycles. The summed E-state index contributed by atoms with van der Waals surface area (Å²) >= 11 is 5.91. The van der Waals surface area contributed by atoms with Crippen molar-refractivity contribution < 1.29 is 9.53 Å². The third-order valence-corrected chi connectivity index (χ3v) is 3.51. The molecule has 0 spiro atoms. The van der Waals surface area contributed by atoms with Crippen LogP contribution in [0.4, 0.5) is 0 Å². The maximum Gasteiger partial charge on any atom is 0.252 e. The van der Waals surface area contributed by atoms with E-state index in [4.69, 9.17) is 16.3 Å². The molecule has 0 fully saturated rings. The molecule has 1 N–H and O–H groups in total. The number of hydrogen-bond acceptors (Lipinski definition) is 7. The molecule has 3 rings (SSSR count). The molecule has 3 aromatic rings. The van der Waals surface area contributed by atoms with E-state index >= 15 is 0 Å². The third kappa shape index (κ3) is 3.72. The van der Waals surface area contributed by atoms with Crippen LogP contribution in [0, 0.1) is 0 Å². The Balaban J connectivity index is 1.85. The highest BCUT2D eigenvalue weighted by Gasteiger charge is 2.19. The van der Waals surface area contributed by atoms with Crippen molar-refractivity contribution in [2.45, 2.75) is 13.0 Å². The summed E-state index contributed by atoms with van der Waals surface area (Å²) in [6.45, 7) is 1.79. The van der Waals surface area contributed by atoms with Crippen LogP contribution in [0.25, 0.3) is 5.82 Å². The van der Waals surface area contributed by atoms with Gasteiger partial charge in [0.25, 0.3) is 5.91 Å². The van der Waals surface area contributed by atoms with E-state index in [1.165, 1.54) is 48.8 Å². The van der Waals surface area contributed by atoms with Gasteiger partial charge in [0.2, 0.25) is 5.88 Å². The van der Waals surface area contributed by atoms with Gasteiger partial charge in [-0.25, -0.2) is 9.97 Å². The van der Waals surface area contributed by atoms with Crippen molar-refractivity contribution in [3.63, 3.8) is 0 Å². The molecule has 0 saturated carbocycles. The quantitative estimate of drug-likeness (QED) is 0.689. The summed E-state index contributed by atoms with van der Waals surface area (Å²) in [7, 11) is 1.45. The Morgan fingerprint density at radius 1 is 1.20 bits per heavy atom. The summed E-state index contributed by atoms with van der Waals surface area (Å²) in [6, 6.07) is 2.51. The fourth-order valence-electron chi connectivity index (χ4n) is 2.18. The van der Waals surface area contributed by atoms with Crippen LogP contribution in [0.3, 0.4) is 0 Å². The number of hydrogen-bond donors (Lipinski definition) is 1. The van der Waals surface area contributed by atoms with Gasteiger partial charge in [0.05, 0.1) is 25.5 Å². The Morgan fingerprint density at radius 2 is 1.92 bits per heavy atom. The number of nitrogens with one attached hydrogen (secondary N) is 1. The number of amides is 1. The Hall–Kier alpha value is -3.07. The largest absolute Gasteiger partial charge is 0.481 e. The first-order valence-electron chi connectivity index (χ1n) is 7.28. The Morgan fingerprint density at radius 3 is 2.64 bits per heavy atom. The van der Waals surface area contributed by atoms with Crippen LogP contribution in [-0.2, 0) is 0 Å². The van der Waals surface area contributed by atoms with Gasteiger partial charge in [0.15, 0.2) is 5.82 Å². The summed E-state index contributed by atoms with van der Waals surface area (Å²) in [5.41, 5.74) is 0.852. The summed E-state index contributed by atoms with van der Waals surface area (Å²) in [5, 5.41) is 11.1. The Bertz CT molecular complexity index is 885. The van der Waals surface area contributed by atoms with Crippen LogP contribution in [0.15, 0.2) is 36.9 Å². The third-order valence-electron chi connectivity index (χ3n) is 3.31. The molecule has 0 bridgehead atoms. The Kier molecular flexibility index (Phi) is 4.85. The van der Waals surface area contributed by atoms with E-state index in [-0.39, 0.29) is 16.9 Å². The molecule has 10 heteroatoms. The van der Waals surface area contributed by atoms with Crippen LogP contribution in [0.5, 0.6) is 5.88 Å². The average Bonchev–Trinajstić information content (AvgIpc) is 3.15. The first kappa shape index (κ1) is 16.8. The minimum atomic E-state index is -0.444. The van der Waals surface area contributed by atoms with E-state index in [2.05, 4.69) is 30.5 Å². The lowest BCUT2D eigenvalue weighted by Crippen LogP contribution is -2.28. The van der Waals surface area contributed by atoms with E-state index in [1.807, 2.05) is 0 Å². The zero-order valence-electron chi connectivity index (χ0n) is 13.4. The van der Waals surface area contributed by atoms with Crippen molar-refractivity contribution in [2.75, 3.05) is 7.11 Å². The summed E-state index contributed by atoms with van der Waals surface area (Å²) in [6.07, 6.45) is 6.14. The molecule has 128 valence electrons. The molecule has 1 amide bonds. The average molecular weight is 360 g/mol. The molecule has 3 aromatic heterocycles. The molecule has 1 unspecified atom stereocenters. The zero-order valence-corrected chi connectivity index (χ0v) is 14.2. The number of nitrogens with zero attached hydrogens (tertiary/aromatic N) is 6. The molecular weight excluding hydrogens is 346 g/mol. The Labute approximate surface area is 148 Å². The number of ether oxygens (including phenoxy) is 1. The van der Waals surface area contributed by atoms with E-state index in [0.717, 1.165) is 0 Å². The van der Waals surface area contributed by atoms with Crippen LogP contribution in [-0.4, -0.2) is 43.0 Å². The number of carbonyl (C=O) groups excluding carboxylic acids is 1. The molecule has 0 aliphatic rings. The van der Waals surface area contributed by atoms with Crippen LogP contribution in [0.1, 0.15) is 29.0 Å². The maximum absolute atomic E-state index is 12.5. The van der Waals surface area contributed by atoms with E-state index in [1.54, 1.807) is 6.92 Å². The van der Waals surface area contributed by atoms with Gasteiger partial charge in [0.1, 0.15) is 10.8 Å². The van der Waals surface area contributed by atoms with Crippen molar-refractivity contribution in [1.29, 1.82) is 0 Å². The predicted octanol–water partition coefficient (Wildman–Crippen LogP) is 1.61. The lowest BCUT2D eigenvalue weighted by Gasteiger charge is -2.15. The number of methoxy groups -OCH3 is 1. The first-order valence-corrected chi connectivity index (χ1v) is 7.66. The van der Waals surface area contributed by atoms with Crippen molar-refractivity contribution in [3.8, 4) is 11.7 Å². The number of pyridine rings is 1. The second kappa shape index (κ2) is 7.22. The fourth-order valence-corrected chi connectivity index (χ4v) is 2.38. The highest BCUT2D eigenvalue weighted by atomic mass is 35.5. The van der Waals surface area contributed by atoms with Crippen molar-refractivity contribution in [3.05, 3.63) is 53.3 Å². The van der Waals surface area contributed by atoms with Gasteiger partial charge in [-0.3, -0.25) is 9.78 Å². The van der Waals surface area contributed by atoms with E-state index in [0.29, 0.717) is 17.1 Å². The van der Waals surface area contributed by atoms with Gasteiger partial charge in [0, 0.05) is 24.0 Å². The molecular formula is C15H14ClN7O2. The van der Waals surface area contributed by atoms with Gasteiger partial charge < -0.3 is 10.1 Å². The smallest absolute Gasteiger partial charge is 0.252 e. The molecule has 0 radical (unpaired) electrons. The van der Waals surface area contributed by atoms with Gasteiger partial charge in [-0.1, -0.05) is 11.6 Å². The van der Waals surface area contributed by atoms with Crippen LogP contribution >= 0.6 is 11.6 Å². The normalized spacial score (nSPS) is 11.8. The highest BCUT2D eigenvalue weighted by molar-refractivity contribution is 6.29. The van der Waals surface area contributed by atoms with Crippen LogP contribution < -0.4 is 10.1 Å². The number of halogens is 1. The minimum absolute atomic E-state index is 0.165.